The van der Waals surface area contributed by atoms with E-state index in [1.54, 1.807) is 0 Å². The second-order valence-electron chi connectivity index (χ2n) is 6.18. The average molecular weight is 416 g/mol. The van der Waals surface area contributed by atoms with E-state index in [-0.39, 0.29) is 22.5 Å². The molecule has 0 saturated heterocycles. The maximum atomic E-state index is 14.2. The van der Waals surface area contributed by atoms with Crippen LogP contribution in [0.1, 0.15) is 11.3 Å². The fourth-order valence-electron chi connectivity index (χ4n) is 2.65. The van der Waals surface area contributed by atoms with Crippen LogP contribution < -0.4 is 0 Å². The van der Waals surface area contributed by atoms with Gasteiger partial charge in [0.05, 0.1) is 11.4 Å². The Morgan fingerprint density at radius 1 is 0.964 bits per heavy atom. The summed E-state index contributed by atoms with van der Waals surface area (Å²) in [6.07, 6.45) is -3.95. The Morgan fingerprint density at radius 3 is 2.18 bits per heavy atom. The molecule has 2 aromatic carbocycles. The van der Waals surface area contributed by atoms with Crippen molar-refractivity contribution in [2.45, 2.75) is 18.0 Å². The van der Waals surface area contributed by atoms with E-state index in [0.29, 0.717) is 0 Å². The Balaban J connectivity index is 2.24. The first-order valence-corrected chi connectivity index (χ1v) is 9.71. The van der Waals surface area contributed by atoms with E-state index in [4.69, 9.17) is 0 Å². The first kappa shape index (κ1) is 20.0. The van der Waals surface area contributed by atoms with Crippen molar-refractivity contribution in [1.29, 1.82) is 0 Å². The van der Waals surface area contributed by atoms with Gasteiger partial charge in [0.15, 0.2) is 15.5 Å². The molecule has 0 bridgehead atoms. The molecule has 0 radical (unpaired) electrons. The molecule has 0 unspecified atom stereocenters. The van der Waals surface area contributed by atoms with Gasteiger partial charge in [-0.25, -0.2) is 21.9 Å². The van der Waals surface area contributed by atoms with Crippen molar-refractivity contribution in [1.82, 2.24) is 9.78 Å². The number of aryl methyl sites for hydroxylation is 1. The van der Waals surface area contributed by atoms with Gasteiger partial charge in [0, 0.05) is 17.9 Å². The predicted molar refractivity (Wildman–Crippen MR) is 91.8 cm³/mol. The molecule has 0 atom stereocenters. The number of halogens is 5. The van der Waals surface area contributed by atoms with Crippen molar-refractivity contribution in [3.63, 3.8) is 0 Å². The highest BCUT2D eigenvalue weighted by Crippen LogP contribution is 2.34. The van der Waals surface area contributed by atoms with Crippen LogP contribution in [0, 0.1) is 18.6 Å². The van der Waals surface area contributed by atoms with E-state index in [1.807, 2.05) is 0 Å². The van der Waals surface area contributed by atoms with E-state index >= 15 is 0 Å². The number of nitrogens with zero attached hydrogens (tertiary/aromatic N) is 2. The molecule has 4 nitrogen and oxygen atoms in total. The van der Waals surface area contributed by atoms with Crippen molar-refractivity contribution >= 4 is 9.84 Å². The summed E-state index contributed by atoms with van der Waals surface area (Å²) in [6, 6.07) is 7.35. The quantitative estimate of drug-likeness (QED) is 0.589. The van der Waals surface area contributed by atoms with E-state index in [1.165, 1.54) is 19.1 Å². The second kappa shape index (κ2) is 6.69. The van der Waals surface area contributed by atoms with Gasteiger partial charge in [-0.05, 0) is 48.9 Å². The van der Waals surface area contributed by atoms with Crippen LogP contribution in [-0.4, -0.2) is 24.5 Å². The van der Waals surface area contributed by atoms with Crippen LogP contribution in [0.2, 0.25) is 0 Å². The van der Waals surface area contributed by atoms with Crippen molar-refractivity contribution in [2.75, 3.05) is 6.26 Å². The molecule has 3 aromatic rings. The van der Waals surface area contributed by atoms with E-state index < -0.39 is 38.2 Å². The molecule has 1 aromatic heterocycles. The lowest BCUT2D eigenvalue weighted by molar-refractivity contribution is -0.141. The minimum atomic E-state index is -4.76. The largest absolute Gasteiger partial charge is 0.435 e. The summed E-state index contributed by atoms with van der Waals surface area (Å²) in [4.78, 5) is -0.585. The highest BCUT2D eigenvalue weighted by molar-refractivity contribution is 7.90. The van der Waals surface area contributed by atoms with Crippen LogP contribution >= 0.6 is 0 Å². The maximum Gasteiger partial charge on any atom is 0.435 e. The molecule has 0 spiro atoms. The standard InChI is InChI=1S/C18H13F5N2O2S/c1-10-7-11(3-5-13(10)19)15-9-17(18(21,22)23)24-25(15)12-4-6-16(14(20)8-12)28(2,26)27/h3-9H,1-2H3. The molecule has 0 aliphatic carbocycles. The van der Waals surface area contributed by atoms with Crippen LogP contribution in [-0.2, 0) is 16.0 Å². The van der Waals surface area contributed by atoms with Crippen LogP contribution in [0.3, 0.4) is 0 Å². The molecule has 0 aliphatic heterocycles. The van der Waals surface area contributed by atoms with Crippen molar-refractivity contribution in [3.05, 3.63) is 65.4 Å². The van der Waals surface area contributed by atoms with Gasteiger partial charge in [-0.15, -0.1) is 0 Å². The highest BCUT2D eigenvalue weighted by atomic mass is 32.2. The molecule has 0 saturated carbocycles. The first-order valence-electron chi connectivity index (χ1n) is 7.81. The van der Waals surface area contributed by atoms with Crippen molar-refractivity contribution in [3.8, 4) is 16.9 Å². The Kier molecular flexibility index (Phi) is 4.78. The fourth-order valence-corrected chi connectivity index (χ4v) is 3.38. The first-order chi connectivity index (χ1) is 12.9. The molecule has 3 rings (SSSR count). The third-order valence-corrected chi connectivity index (χ3v) is 5.14. The summed E-state index contributed by atoms with van der Waals surface area (Å²) in [5, 5.41) is 3.49. The van der Waals surface area contributed by atoms with Crippen LogP contribution in [0.5, 0.6) is 0 Å². The average Bonchev–Trinajstić information content (AvgIpc) is 3.01. The van der Waals surface area contributed by atoms with Crippen molar-refractivity contribution in [2.24, 2.45) is 0 Å². The highest BCUT2D eigenvalue weighted by Gasteiger charge is 2.35. The zero-order valence-electron chi connectivity index (χ0n) is 14.6. The van der Waals surface area contributed by atoms with E-state index in [2.05, 4.69) is 5.10 Å². The molecule has 0 amide bonds. The fraction of sp³-hybridized carbons (Fsp3) is 0.167. The third kappa shape index (κ3) is 3.77. The smallest absolute Gasteiger partial charge is 0.232 e. The van der Waals surface area contributed by atoms with E-state index in [0.717, 1.165) is 41.3 Å². The lowest BCUT2D eigenvalue weighted by Crippen LogP contribution is -2.08. The number of hydrogen-bond acceptors (Lipinski definition) is 3. The summed E-state index contributed by atoms with van der Waals surface area (Å²) >= 11 is 0. The van der Waals surface area contributed by atoms with Crippen LogP contribution in [0.4, 0.5) is 22.0 Å². The predicted octanol–water partition coefficient (Wildman–Crippen LogP) is 4.55. The van der Waals surface area contributed by atoms with E-state index in [9.17, 15) is 30.4 Å². The number of benzene rings is 2. The minimum absolute atomic E-state index is 0.0538. The molecule has 0 aliphatic rings. The normalized spacial score (nSPS) is 12.4. The molecule has 0 N–H and O–H groups in total. The Bertz CT molecular complexity index is 1170. The summed E-state index contributed by atoms with van der Waals surface area (Å²) in [6.45, 7) is 1.45. The number of hydrogen-bond donors (Lipinski definition) is 0. The maximum absolute atomic E-state index is 14.2. The number of alkyl halides is 3. The summed E-state index contributed by atoms with van der Waals surface area (Å²) in [7, 11) is -3.85. The second-order valence-corrected chi connectivity index (χ2v) is 8.16. The number of sulfone groups is 1. The van der Waals surface area contributed by atoms with Gasteiger partial charge in [0.2, 0.25) is 0 Å². The molecular formula is C18H13F5N2O2S. The van der Waals surface area contributed by atoms with Crippen LogP contribution in [0.25, 0.3) is 16.9 Å². The third-order valence-electron chi connectivity index (χ3n) is 4.01. The summed E-state index contributed by atoms with van der Waals surface area (Å²) < 4.78 is 91.2. The monoisotopic (exact) mass is 416 g/mol. The molecule has 10 heteroatoms. The van der Waals surface area contributed by atoms with Gasteiger partial charge >= 0.3 is 6.18 Å². The van der Waals surface area contributed by atoms with Gasteiger partial charge in [0.1, 0.15) is 16.5 Å². The van der Waals surface area contributed by atoms with Gasteiger partial charge in [-0.3, -0.25) is 0 Å². The van der Waals surface area contributed by atoms with Gasteiger partial charge in [-0.2, -0.15) is 18.3 Å². The zero-order valence-corrected chi connectivity index (χ0v) is 15.4. The Hall–Kier alpha value is -2.75. The molecule has 0 fully saturated rings. The van der Waals surface area contributed by atoms with Crippen LogP contribution in [0.15, 0.2) is 47.4 Å². The Labute approximate surface area is 157 Å². The Morgan fingerprint density at radius 2 is 1.64 bits per heavy atom. The van der Waals surface area contributed by atoms with Gasteiger partial charge < -0.3 is 0 Å². The molecular weight excluding hydrogens is 403 g/mol. The van der Waals surface area contributed by atoms with Gasteiger partial charge in [-0.1, -0.05) is 0 Å². The molecule has 148 valence electrons. The summed E-state index contributed by atoms with van der Waals surface area (Å²) in [5.41, 5.74) is -0.955. The topological polar surface area (TPSA) is 52.0 Å². The number of aromatic nitrogens is 2. The SMILES string of the molecule is Cc1cc(-c2cc(C(F)(F)F)nn2-c2ccc(S(C)(=O)=O)c(F)c2)ccc1F. The van der Waals surface area contributed by atoms with Gasteiger partial charge in [0.25, 0.3) is 0 Å². The van der Waals surface area contributed by atoms with Crippen molar-refractivity contribution < 1.29 is 30.4 Å². The molecule has 28 heavy (non-hydrogen) atoms. The lowest BCUT2D eigenvalue weighted by atomic mass is 10.1. The number of rotatable bonds is 3. The lowest BCUT2D eigenvalue weighted by Gasteiger charge is -2.10. The zero-order chi connectivity index (χ0) is 20.9. The summed E-state index contributed by atoms with van der Waals surface area (Å²) in [5.74, 6) is -1.65. The molecule has 1 heterocycles. The minimum Gasteiger partial charge on any atom is -0.232 e.